The molecule has 2 aromatic rings. The van der Waals surface area contributed by atoms with Crippen LogP contribution >= 0.6 is 31.9 Å². The van der Waals surface area contributed by atoms with Crippen molar-refractivity contribution in [3.63, 3.8) is 0 Å². The van der Waals surface area contributed by atoms with Crippen LogP contribution in [0.5, 0.6) is 0 Å². The highest BCUT2D eigenvalue weighted by Gasteiger charge is 2.15. The van der Waals surface area contributed by atoms with E-state index in [1.165, 1.54) is 11.6 Å². The maximum atomic E-state index is 13.9. The molecule has 2 atom stereocenters. The second kappa shape index (κ2) is 6.86. The summed E-state index contributed by atoms with van der Waals surface area (Å²) in [6, 6.07) is 13.4. The van der Waals surface area contributed by atoms with E-state index in [1.807, 2.05) is 6.07 Å². The van der Waals surface area contributed by atoms with Crippen molar-refractivity contribution in [3.05, 3.63) is 69.4 Å². The van der Waals surface area contributed by atoms with Gasteiger partial charge in [-0.1, -0.05) is 70.0 Å². The Bertz CT molecular complexity index is 578. The molecule has 20 heavy (non-hydrogen) atoms. The fourth-order valence-corrected chi connectivity index (χ4v) is 3.15. The maximum absolute atomic E-state index is 13.9. The molecule has 0 saturated carbocycles. The minimum atomic E-state index is -0.193. The van der Waals surface area contributed by atoms with Gasteiger partial charge in [0.25, 0.3) is 0 Å². The fourth-order valence-electron chi connectivity index (χ4n) is 2.12. The van der Waals surface area contributed by atoms with Crippen LogP contribution < -0.4 is 0 Å². The van der Waals surface area contributed by atoms with Gasteiger partial charge in [-0.3, -0.25) is 0 Å². The van der Waals surface area contributed by atoms with E-state index < -0.39 is 0 Å². The molecule has 0 nitrogen and oxygen atoms in total. The second-order valence-electron chi connectivity index (χ2n) is 5.00. The van der Waals surface area contributed by atoms with Gasteiger partial charge in [0.05, 0.1) is 4.83 Å². The number of rotatable bonds is 4. The highest BCUT2D eigenvalue weighted by atomic mass is 79.9. The fraction of sp³-hybridized carbons (Fsp3) is 0.294. The minimum absolute atomic E-state index is 0.133. The summed E-state index contributed by atoms with van der Waals surface area (Å²) in [6.07, 6.45) is 1.12. The predicted octanol–water partition coefficient (Wildman–Crippen LogP) is 6.59. The summed E-state index contributed by atoms with van der Waals surface area (Å²) in [7, 11) is 0. The van der Waals surface area contributed by atoms with Crippen LogP contribution in [0.25, 0.3) is 0 Å². The summed E-state index contributed by atoms with van der Waals surface area (Å²) in [6.45, 7) is 4.40. The summed E-state index contributed by atoms with van der Waals surface area (Å²) in [5.74, 6) is 0.363. The van der Waals surface area contributed by atoms with Crippen LogP contribution in [0.1, 0.15) is 47.7 Å². The quantitative estimate of drug-likeness (QED) is 0.509. The van der Waals surface area contributed by atoms with Gasteiger partial charge in [-0.15, -0.1) is 0 Å². The van der Waals surface area contributed by atoms with Gasteiger partial charge in [-0.05, 0) is 41.7 Å². The zero-order valence-corrected chi connectivity index (χ0v) is 14.7. The van der Waals surface area contributed by atoms with Gasteiger partial charge in [-0.25, -0.2) is 4.39 Å². The second-order valence-corrected chi connectivity index (χ2v) is 6.84. The van der Waals surface area contributed by atoms with Crippen LogP contribution in [0, 0.1) is 5.82 Å². The zero-order valence-electron chi connectivity index (χ0n) is 11.5. The number of halogens is 3. The van der Waals surface area contributed by atoms with Crippen LogP contribution in [0.3, 0.4) is 0 Å². The molecule has 0 spiro atoms. The van der Waals surface area contributed by atoms with E-state index in [0.29, 0.717) is 11.5 Å². The molecule has 0 aliphatic heterocycles. The summed E-state index contributed by atoms with van der Waals surface area (Å²) >= 11 is 6.99. The van der Waals surface area contributed by atoms with Crippen LogP contribution in [0.4, 0.5) is 4.39 Å². The number of alkyl halides is 1. The molecule has 0 saturated heterocycles. The molecule has 2 aromatic carbocycles. The van der Waals surface area contributed by atoms with Crippen molar-refractivity contribution < 1.29 is 4.39 Å². The third-order valence-electron chi connectivity index (χ3n) is 3.64. The van der Waals surface area contributed by atoms with Gasteiger partial charge >= 0.3 is 0 Å². The molecule has 106 valence electrons. The lowest BCUT2D eigenvalue weighted by atomic mass is 9.96. The molecule has 0 amide bonds. The zero-order chi connectivity index (χ0) is 14.7. The molecular formula is C17H17Br2F. The van der Waals surface area contributed by atoms with E-state index in [9.17, 15) is 4.39 Å². The molecule has 0 bridgehead atoms. The van der Waals surface area contributed by atoms with Crippen molar-refractivity contribution in [3.8, 4) is 0 Å². The van der Waals surface area contributed by atoms with Gasteiger partial charge in [-0.2, -0.15) is 0 Å². The molecule has 0 aromatic heterocycles. The Kier molecular flexibility index (Phi) is 5.39. The molecule has 0 aliphatic carbocycles. The average Bonchev–Trinajstić information content (AvgIpc) is 2.48. The Balaban J connectivity index is 2.29. The molecule has 2 unspecified atom stereocenters. The largest absolute Gasteiger partial charge is 0.207 e. The molecule has 3 heteroatoms. The number of benzene rings is 2. The maximum Gasteiger partial charge on any atom is 0.127 e. The van der Waals surface area contributed by atoms with Gasteiger partial charge in [0, 0.05) is 10.0 Å². The molecular weight excluding hydrogens is 383 g/mol. The molecule has 2 rings (SSSR count). The van der Waals surface area contributed by atoms with Crippen LogP contribution in [-0.4, -0.2) is 0 Å². The first-order chi connectivity index (χ1) is 9.52. The smallest absolute Gasteiger partial charge is 0.127 e. The topological polar surface area (TPSA) is 0 Å². The number of hydrogen-bond acceptors (Lipinski definition) is 0. The minimum Gasteiger partial charge on any atom is -0.207 e. The van der Waals surface area contributed by atoms with E-state index in [4.69, 9.17) is 0 Å². The summed E-state index contributed by atoms with van der Waals surface area (Å²) in [5, 5.41) is 0. The first kappa shape index (κ1) is 15.7. The Morgan fingerprint density at radius 3 is 2.25 bits per heavy atom. The molecule has 0 fully saturated rings. The van der Waals surface area contributed by atoms with Crippen LogP contribution in [-0.2, 0) is 0 Å². The van der Waals surface area contributed by atoms with E-state index in [2.05, 4.69) is 70.0 Å². The Hall–Kier alpha value is -0.670. The molecule has 0 N–H and O–H groups in total. The Morgan fingerprint density at radius 2 is 1.65 bits per heavy atom. The van der Waals surface area contributed by atoms with Crippen LogP contribution in [0.2, 0.25) is 0 Å². The van der Waals surface area contributed by atoms with E-state index in [-0.39, 0.29) is 10.6 Å². The van der Waals surface area contributed by atoms with E-state index in [0.717, 1.165) is 16.5 Å². The van der Waals surface area contributed by atoms with Crippen molar-refractivity contribution in [2.75, 3.05) is 0 Å². The first-order valence-electron chi connectivity index (χ1n) is 6.71. The molecule has 0 radical (unpaired) electrons. The lowest BCUT2D eigenvalue weighted by molar-refractivity contribution is 0.613. The monoisotopic (exact) mass is 398 g/mol. The van der Waals surface area contributed by atoms with Gasteiger partial charge in [0.1, 0.15) is 5.82 Å². The highest BCUT2D eigenvalue weighted by Crippen LogP contribution is 2.34. The Morgan fingerprint density at radius 1 is 1.05 bits per heavy atom. The average molecular weight is 400 g/mol. The Labute approximate surface area is 136 Å². The molecule has 0 aliphatic rings. The SMILES string of the molecule is CCC(C)c1ccc(C(Br)c2cc(Br)ccc2F)cc1. The normalized spacial score (nSPS) is 14.1. The van der Waals surface area contributed by atoms with Crippen molar-refractivity contribution in [2.45, 2.75) is 31.0 Å². The van der Waals surface area contributed by atoms with Crippen molar-refractivity contribution in [1.29, 1.82) is 0 Å². The third kappa shape index (κ3) is 3.50. The van der Waals surface area contributed by atoms with E-state index in [1.54, 1.807) is 6.07 Å². The van der Waals surface area contributed by atoms with Gasteiger partial charge in [0.15, 0.2) is 0 Å². The van der Waals surface area contributed by atoms with E-state index >= 15 is 0 Å². The molecule has 0 heterocycles. The first-order valence-corrected chi connectivity index (χ1v) is 8.42. The lowest BCUT2D eigenvalue weighted by Gasteiger charge is -2.14. The number of hydrogen-bond donors (Lipinski definition) is 0. The predicted molar refractivity (Wildman–Crippen MR) is 90.0 cm³/mol. The van der Waals surface area contributed by atoms with Gasteiger partial charge in [0.2, 0.25) is 0 Å². The van der Waals surface area contributed by atoms with Gasteiger partial charge < -0.3 is 0 Å². The third-order valence-corrected chi connectivity index (χ3v) is 5.16. The summed E-state index contributed by atoms with van der Waals surface area (Å²) < 4.78 is 14.8. The summed E-state index contributed by atoms with van der Waals surface area (Å²) in [5.41, 5.74) is 3.04. The standard InChI is InChI=1S/C17H17Br2F/c1-3-11(2)12-4-6-13(7-5-12)17(19)15-10-14(18)8-9-16(15)20/h4-11,17H,3H2,1-2H3. The summed E-state index contributed by atoms with van der Waals surface area (Å²) in [4.78, 5) is -0.133. The van der Waals surface area contributed by atoms with Crippen molar-refractivity contribution >= 4 is 31.9 Å². The van der Waals surface area contributed by atoms with Crippen molar-refractivity contribution in [2.24, 2.45) is 0 Å². The van der Waals surface area contributed by atoms with Crippen LogP contribution in [0.15, 0.2) is 46.9 Å². The lowest BCUT2D eigenvalue weighted by Crippen LogP contribution is -1.98. The van der Waals surface area contributed by atoms with Crippen molar-refractivity contribution in [1.82, 2.24) is 0 Å². The highest BCUT2D eigenvalue weighted by molar-refractivity contribution is 9.10.